The topological polar surface area (TPSA) is 37.3 Å². The van der Waals surface area contributed by atoms with Gasteiger partial charge in [0.2, 0.25) is 0 Å². The number of benzene rings is 1. The molecule has 1 N–H and O–H groups in total. The summed E-state index contributed by atoms with van der Waals surface area (Å²) in [6.07, 6.45) is 3.93. The van der Waals surface area contributed by atoms with E-state index in [9.17, 15) is 9.90 Å². The molecule has 0 radical (unpaired) electrons. The van der Waals surface area contributed by atoms with Crippen LogP contribution in [0.5, 0.6) is 0 Å². The Morgan fingerprint density at radius 1 is 1.47 bits per heavy atom. The number of rotatable bonds is 3. The van der Waals surface area contributed by atoms with Crippen molar-refractivity contribution in [3.8, 4) is 0 Å². The SMILES string of the molecule is C=CC(C)C1(C(=O)O)CCc2ccccc2C1. The van der Waals surface area contributed by atoms with Gasteiger partial charge < -0.3 is 5.11 Å². The Morgan fingerprint density at radius 3 is 2.71 bits per heavy atom. The molecule has 0 saturated carbocycles. The van der Waals surface area contributed by atoms with E-state index in [0.29, 0.717) is 12.8 Å². The highest BCUT2D eigenvalue weighted by atomic mass is 16.4. The molecule has 0 aliphatic heterocycles. The molecule has 2 unspecified atom stereocenters. The van der Waals surface area contributed by atoms with Crippen molar-refractivity contribution in [3.63, 3.8) is 0 Å². The van der Waals surface area contributed by atoms with E-state index in [4.69, 9.17) is 0 Å². The average Bonchev–Trinajstić information content (AvgIpc) is 2.36. The van der Waals surface area contributed by atoms with Crippen LogP contribution in [0, 0.1) is 11.3 Å². The molecule has 0 bridgehead atoms. The van der Waals surface area contributed by atoms with Gasteiger partial charge >= 0.3 is 5.97 Å². The third-order valence-corrected chi connectivity index (χ3v) is 4.12. The van der Waals surface area contributed by atoms with E-state index >= 15 is 0 Å². The largest absolute Gasteiger partial charge is 0.481 e. The number of aliphatic carboxylic acids is 1. The molecular formula is C15H18O2. The van der Waals surface area contributed by atoms with E-state index in [2.05, 4.69) is 12.6 Å². The fraction of sp³-hybridized carbons (Fsp3) is 0.400. The van der Waals surface area contributed by atoms with Gasteiger partial charge in [-0.2, -0.15) is 0 Å². The van der Waals surface area contributed by atoms with E-state index < -0.39 is 11.4 Å². The third-order valence-electron chi connectivity index (χ3n) is 4.12. The van der Waals surface area contributed by atoms with Gasteiger partial charge in [-0.15, -0.1) is 6.58 Å². The number of allylic oxidation sites excluding steroid dienone is 1. The summed E-state index contributed by atoms with van der Waals surface area (Å²) < 4.78 is 0. The molecular weight excluding hydrogens is 212 g/mol. The number of aryl methyl sites for hydroxylation is 1. The quantitative estimate of drug-likeness (QED) is 0.810. The number of fused-ring (bicyclic) bond motifs is 1. The van der Waals surface area contributed by atoms with Crippen molar-refractivity contribution in [2.24, 2.45) is 11.3 Å². The minimum absolute atomic E-state index is 0.00615. The summed E-state index contributed by atoms with van der Waals surface area (Å²) in [4.78, 5) is 11.6. The minimum atomic E-state index is -0.695. The second-order valence-electron chi connectivity index (χ2n) is 4.93. The molecule has 0 fully saturated rings. The van der Waals surface area contributed by atoms with Gasteiger partial charge in [-0.1, -0.05) is 37.3 Å². The molecule has 2 heteroatoms. The maximum Gasteiger partial charge on any atom is 0.310 e. The molecule has 2 nitrogen and oxygen atoms in total. The van der Waals surface area contributed by atoms with E-state index in [1.54, 1.807) is 6.08 Å². The highest BCUT2D eigenvalue weighted by Gasteiger charge is 2.44. The first-order valence-electron chi connectivity index (χ1n) is 6.03. The van der Waals surface area contributed by atoms with Crippen LogP contribution in [0.1, 0.15) is 24.5 Å². The van der Waals surface area contributed by atoms with Gasteiger partial charge in [0, 0.05) is 0 Å². The van der Waals surface area contributed by atoms with Crippen molar-refractivity contribution in [1.82, 2.24) is 0 Å². The maximum absolute atomic E-state index is 11.6. The average molecular weight is 230 g/mol. The molecule has 0 saturated heterocycles. The van der Waals surface area contributed by atoms with Gasteiger partial charge in [0.25, 0.3) is 0 Å². The van der Waals surface area contributed by atoms with Crippen molar-refractivity contribution in [1.29, 1.82) is 0 Å². The van der Waals surface area contributed by atoms with Crippen molar-refractivity contribution in [2.45, 2.75) is 26.2 Å². The molecule has 1 aliphatic rings. The molecule has 0 heterocycles. The second kappa shape index (κ2) is 4.36. The summed E-state index contributed by atoms with van der Waals surface area (Å²) in [6, 6.07) is 8.14. The predicted molar refractivity (Wildman–Crippen MR) is 67.9 cm³/mol. The number of hydrogen-bond donors (Lipinski definition) is 1. The minimum Gasteiger partial charge on any atom is -0.481 e. The smallest absolute Gasteiger partial charge is 0.310 e. The molecule has 17 heavy (non-hydrogen) atoms. The number of carboxylic acids is 1. The molecule has 1 aromatic rings. The summed E-state index contributed by atoms with van der Waals surface area (Å²) in [5, 5.41) is 9.57. The zero-order valence-electron chi connectivity index (χ0n) is 10.1. The van der Waals surface area contributed by atoms with Gasteiger partial charge in [0.15, 0.2) is 0 Å². The van der Waals surface area contributed by atoms with Gasteiger partial charge in [-0.05, 0) is 36.3 Å². The summed E-state index contributed by atoms with van der Waals surface area (Å²) in [5.74, 6) is -0.701. The summed E-state index contributed by atoms with van der Waals surface area (Å²) >= 11 is 0. The Hall–Kier alpha value is -1.57. The zero-order chi connectivity index (χ0) is 12.5. The summed E-state index contributed by atoms with van der Waals surface area (Å²) in [7, 11) is 0. The molecule has 2 atom stereocenters. The second-order valence-corrected chi connectivity index (χ2v) is 4.93. The molecule has 90 valence electrons. The highest BCUT2D eigenvalue weighted by molar-refractivity contribution is 5.76. The number of carbonyl (C=O) groups is 1. The van der Waals surface area contributed by atoms with E-state index in [-0.39, 0.29) is 5.92 Å². The van der Waals surface area contributed by atoms with Gasteiger partial charge in [-0.3, -0.25) is 4.79 Å². The van der Waals surface area contributed by atoms with Crippen molar-refractivity contribution in [3.05, 3.63) is 48.0 Å². The highest BCUT2D eigenvalue weighted by Crippen LogP contribution is 2.42. The third kappa shape index (κ3) is 1.88. The predicted octanol–water partition coefficient (Wildman–Crippen LogP) is 3.07. The first-order chi connectivity index (χ1) is 8.10. The standard InChI is InChI=1S/C15H18O2/c1-3-11(2)15(14(16)17)9-8-12-6-4-5-7-13(12)10-15/h3-7,11H,1,8-10H2,2H3,(H,16,17). The van der Waals surface area contributed by atoms with Gasteiger partial charge in [0.1, 0.15) is 0 Å². The molecule has 2 rings (SSSR count). The summed E-state index contributed by atoms with van der Waals surface area (Å²) in [5.41, 5.74) is 1.80. The van der Waals surface area contributed by atoms with Crippen LogP contribution in [0.4, 0.5) is 0 Å². The van der Waals surface area contributed by atoms with Crippen LogP contribution in [-0.4, -0.2) is 11.1 Å². The molecule has 0 spiro atoms. The van der Waals surface area contributed by atoms with Gasteiger partial charge in [0.05, 0.1) is 5.41 Å². The number of carboxylic acid groups (broad SMARTS) is 1. The Kier molecular flexibility index (Phi) is 3.05. The zero-order valence-corrected chi connectivity index (χ0v) is 10.1. The lowest BCUT2D eigenvalue weighted by Gasteiger charge is -2.38. The lowest BCUT2D eigenvalue weighted by atomic mass is 9.65. The molecule has 0 amide bonds. The molecule has 1 aromatic carbocycles. The van der Waals surface area contributed by atoms with Crippen LogP contribution in [0.3, 0.4) is 0 Å². The fourth-order valence-electron chi connectivity index (χ4n) is 2.75. The first kappa shape index (κ1) is 11.9. The first-order valence-corrected chi connectivity index (χ1v) is 6.03. The monoisotopic (exact) mass is 230 g/mol. The van der Waals surface area contributed by atoms with Crippen LogP contribution in [0.25, 0.3) is 0 Å². The fourth-order valence-corrected chi connectivity index (χ4v) is 2.75. The van der Waals surface area contributed by atoms with Crippen LogP contribution in [0.2, 0.25) is 0 Å². The van der Waals surface area contributed by atoms with Crippen LogP contribution in [-0.2, 0) is 17.6 Å². The van der Waals surface area contributed by atoms with Crippen molar-refractivity contribution < 1.29 is 9.90 Å². The Bertz CT molecular complexity index is 450. The maximum atomic E-state index is 11.6. The normalized spacial score (nSPS) is 24.8. The molecule has 0 aromatic heterocycles. The van der Waals surface area contributed by atoms with Crippen LogP contribution < -0.4 is 0 Å². The molecule has 1 aliphatic carbocycles. The Labute approximate surface area is 102 Å². The van der Waals surface area contributed by atoms with E-state index in [0.717, 1.165) is 6.42 Å². The lowest BCUT2D eigenvalue weighted by Crippen LogP contribution is -2.41. The van der Waals surface area contributed by atoms with E-state index in [1.807, 2.05) is 25.1 Å². The Balaban J connectivity index is 2.41. The Morgan fingerprint density at radius 2 is 2.12 bits per heavy atom. The van der Waals surface area contributed by atoms with Crippen LogP contribution in [0.15, 0.2) is 36.9 Å². The number of hydrogen-bond acceptors (Lipinski definition) is 1. The van der Waals surface area contributed by atoms with Crippen molar-refractivity contribution >= 4 is 5.97 Å². The summed E-state index contributed by atoms with van der Waals surface area (Å²) in [6.45, 7) is 5.71. The van der Waals surface area contributed by atoms with Crippen LogP contribution >= 0.6 is 0 Å². The lowest BCUT2D eigenvalue weighted by molar-refractivity contribution is -0.152. The van der Waals surface area contributed by atoms with E-state index in [1.165, 1.54) is 11.1 Å². The van der Waals surface area contributed by atoms with Gasteiger partial charge in [-0.25, -0.2) is 0 Å². The van der Waals surface area contributed by atoms with Crippen molar-refractivity contribution in [2.75, 3.05) is 0 Å².